The fraction of sp³-hybridized carbons (Fsp3) is 0. The first-order valence-corrected chi connectivity index (χ1v) is 16.3. The van der Waals surface area contributed by atoms with Crippen molar-refractivity contribution in [2.45, 2.75) is 0 Å². The van der Waals surface area contributed by atoms with Gasteiger partial charge in [0.05, 0.1) is 52.1 Å². The highest BCUT2D eigenvalue weighted by atomic mass is 15.0. The van der Waals surface area contributed by atoms with E-state index in [1.165, 1.54) is 0 Å². The molecule has 9 rings (SSSR count). The molecule has 7 aromatic carbocycles. The lowest BCUT2D eigenvalue weighted by Gasteiger charge is -2.18. The maximum atomic E-state index is 10.0. The van der Waals surface area contributed by atoms with Gasteiger partial charge in [-0.2, -0.15) is 10.5 Å². The number of hydrogen-bond donors (Lipinski definition) is 0. The van der Waals surface area contributed by atoms with Crippen LogP contribution in [-0.4, -0.2) is 9.13 Å². The number of fused-ring (bicyclic) bond motifs is 6. The average molecular weight is 636 g/mol. The smallest absolute Gasteiger partial charge is 0.189 e. The molecule has 0 fully saturated rings. The molecule has 9 aromatic rings. The second-order valence-electron chi connectivity index (χ2n) is 12.3. The first kappa shape index (κ1) is 28.8. The van der Waals surface area contributed by atoms with Crippen LogP contribution in [0.1, 0.15) is 11.1 Å². The molecule has 0 saturated carbocycles. The Bertz CT molecular complexity index is 2960. The number of hydrogen-bond acceptors (Lipinski definition) is 2. The highest BCUT2D eigenvalue weighted by Gasteiger charge is 2.19. The number of benzene rings is 7. The van der Waals surface area contributed by atoms with Crippen molar-refractivity contribution in [3.63, 3.8) is 0 Å². The maximum Gasteiger partial charge on any atom is 0.189 e. The largest absolute Gasteiger partial charge is 0.310 e. The summed E-state index contributed by atoms with van der Waals surface area (Å²) in [7, 11) is 0. The Morgan fingerprint density at radius 2 is 1.06 bits per heavy atom. The minimum absolute atomic E-state index is 0.572. The summed E-state index contributed by atoms with van der Waals surface area (Å²) in [6.45, 7) is 7.71. The Balaban J connectivity index is 1.23. The molecule has 50 heavy (non-hydrogen) atoms. The molecule has 0 aliphatic rings. The third-order valence-electron chi connectivity index (χ3n) is 9.61. The molecule has 5 nitrogen and oxygen atoms in total. The van der Waals surface area contributed by atoms with Crippen LogP contribution in [0, 0.1) is 29.2 Å². The van der Waals surface area contributed by atoms with Crippen LogP contribution in [0.25, 0.3) is 82.1 Å². The van der Waals surface area contributed by atoms with Gasteiger partial charge in [0, 0.05) is 38.3 Å². The van der Waals surface area contributed by atoms with E-state index in [0.29, 0.717) is 16.8 Å². The van der Waals surface area contributed by atoms with E-state index in [2.05, 4.69) is 86.8 Å². The topological polar surface area (TPSA) is 61.8 Å². The lowest BCUT2D eigenvalue weighted by atomic mass is 9.92. The van der Waals surface area contributed by atoms with Gasteiger partial charge in [-0.15, -0.1) is 0 Å². The summed E-state index contributed by atoms with van der Waals surface area (Å²) in [4.78, 5) is 3.73. The van der Waals surface area contributed by atoms with E-state index in [4.69, 9.17) is 6.57 Å². The van der Waals surface area contributed by atoms with E-state index in [1.807, 2.05) is 91.0 Å². The summed E-state index contributed by atoms with van der Waals surface area (Å²) < 4.78 is 4.46. The van der Waals surface area contributed by atoms with Crippen molar-refractivity contribution in [1.29, 1.82) is 10.5 Å². The van der Waals surface area contributed by atoms with Crippen LogP contribution in [0.2, 0.25) is 0 Å². The van der Waals surface area contributed by atoms with Crippen LogP contribution in [0.15, 0.2) is 152 Å². The first-order chi connectivity index (χ1) is 24.7. The molecule has 2 heterocycles. The highest BCUT2D eigenvalue weighted by molar-refractivity contribution is 6.11. The van der Waals surface area contributed by atoms with Gasteiger partial charge in [0.15, 0.2) is 5.69 Å². The third kappa shape index (κ3) is 4.38. The Labute approximate surface area is 288 Å². The van der Waals surface area contributed by atoms with Crippen molar-refractivity contribution >= 4 is 49.3 Å². The van der Waals surface area contributed by atoms with E-state index in [-0.39, 0.29) is 0 Å². The third-order valence-corrected chi connectivity index (χ3v) is 9.61. The second kappa shape index (κ2) is 11.4. The van der Waals surface area contributed by atoms with Gasteiger partial charge in [0.1, 0.15) is 0 Å². The molecular weight excluding hydrogens is 611 g/mol. The number of aromatic nitrogens is 2. The second-order valence-corrected chi connectivity index (χ2v) is 12.3. The van der Waals surface area contributed by atoms with Crippen molar-refractivity contribution in [2.75, 3.05) is 0 Å². The highest BCUT2D eigenvalue weighted by Crippen LogP contribution is 2.41. The van der Waals surface area contributed by atoms with Gasteiger partial charge >= 0.3 is 0 Å². The molecule has 0 saturated heterocycles. The van der Waals surface area contributed by atoms with Crippen LogP contribution in [0.5, 0.6) is 0 Å². The Hall–Kier alpha value is -7.39. The molecule has 0 spiro atoms. The van der Waals surface area contributed by atoms with Gasteiger partial charge in [0.2, 0.25) is 0 Å². The lowest BCUT2D eigenvalue weighted by molar-refractivity contribution is 1.18. The average Bonchev–Trinajstić information content (AvgIpc) is 3.69. The van der Waals surface area contributed by atoms with Gasteiger partial charge in [-0.3, -0.25) is 0 Å². The molecule has 0 atom stereocenters. The van der Waals surface area contributed by atoms with Gasteiger partial charge in [-0.1, -0.05) is 84.9 Å². The summed E-state index contributed by atoms with van der Waals surface area (Å²) in [5.41, 5.74) is 11.9. The number of rotatable bonds is 4. The molecule has 0 N–H and O–H groups in total. The molecule has 0 bridgehead atoms. The molecule has 2 aromatic heterocycles. The molecule has 0 aliphatic carbocycles. The Kier molecular flexibility index (Phi) is 6.56. The van der Waals surface area contributed by atoms with Crippen LogP contribution in [-0.2, 0) is 0 Å². The van der Waals surface area contributed by atoms with Gasteiger partial charge in [-0.25, -0.2) is 4.85 Å². The zero-order chi connectivity index (χ0) is 33.8. The molecule has 0 aliphatic heterocycles. The fourth-order valence-electron chi connectivity index (χ4n) is 7.38. The Morgan fingerprint density at radius 3 is 1.80 bits per heavy atom. The normalized spacial score (nSPS) is 11.1. The maximum absolute atomic E-state index is 10.0. The van der Waals surface area contributed by atoms with Crippen LogP contribution in [0.4, 0.5) is 5.69 Å². The fourth-order valence-corrected chi connectivity index (χ4v) is 7.38. The van der Waals surface area contributed by atoms with Crippen LogP contribution < -0.4 is 0 Å². The monoisotopic (exact) mass is 635 g/mol. The van der Waals surface area contributed by atoms with Crippen molar-refractivity contribution in [1.82, 2.24) is 9.13 Å². The minimum atomic E-state index is 0.572. The van der Waals surface area contributed by atoms with E-state index < -0.39 is 0 Å². The number of nitrogens with zero attached hydrogens (tertiary/aromatic N) is 5. The summed E-state index contributed by atoms with van der Waals surface area (Å²) >= 11 is 0. The van der Waals surface area contributed by atoms with Gasteiger partial charge in [-0.05, 0) is 83.4 Å². The Morgan fingerprint density at radius 1 is 0.460 bits per heavy atom. The number of nitriles is 2. The summed E-state index contributed by atoms with van der Waals surface area (Å²) in [6.07, 6.45) is 0. The van der Waals surface area contributed by atoms with E-state index in [9.17, 15) is 10.5 Å². The van der Waals surface area contributed by atoms with E-state index >= 15 is 0 Å². The van der Waals surface area contributed by atoms with E-state index in [0.717, 1.165) is 77.2 Å². The number of para-hydroxylation sites is 2. The van der Waals surface area contributed by atoms with Gasteiger partial charge < -0.3 is 9.13 Å². The quantitative estimate of drug-likeness (QED) is 0.181. The SMILES string of the molecule is [C-]#[N+]c1ccc2c3ccccc3n(-c3ccc(C#N)cc3-c3ccccc3-c3ccc(-n4c5ccccc5c5cc(C#N)ccc54)cc3)c2c1. The molecule has 0 radical (unpaired) electrons. The summed E-state index contributed by atoms with van der Waals surface area (Å²) in [5.74, 6) is 0. The van der Waals surface area contributed by atoms with Crippen LogP contribution >= 0.6 is 0 Å². The van der Waals surface area contributed by atoms with Gasteiger partial charge in [0.25, 0.3) is 0 Å². The van der Waals surface area contributed by atoms with Crippen molar-refractivity contribution in [2.24, 2.45) is 0 Å². The minimum Gasteiger partial charge on any atom is -0.310 e. The van der Waals surface area contributed by atoms with E-state index in [1.54, 1.807) is 0 Å². The summed E-state index contributed by atoms with van der Waals surface area (Å²) in [5, 5.41) is 23.9. The first-order valence-electron chi connectivity index (χ1n) is 16.3. The zero-order valence-electron chi connectivity index (χ0n) is 26.7. The zero-order valence-corrected chi connectivity index (χ0v) is 26.7. The molecule has 230 valence electrons. The molecule has 0 amide bonds. The predicted octanol–water partition coefficient (Wildman–Crippen LogP) is 11.5. The standard InChI is InChI=1S/C45H25N5/c1-48-32-18-21-38-36-10-4-7-13-42(36)50(45(38)26-32)44-23-15-29(27-46)24-39(44)35-9-3-2-8-34(35)31-16-19-33(20-17-31)49-41-12-6-5-11-37(41)40-25-30(28-47)14-22-43(40)49/h2-26H. The molecule has 5 heteroatoms. The van der Waals surface area contributed by atoms with Crippen molar-refractivity contribution in [3.8, 4) is 45.8 Å². The predicted molar refractivity (Wildman–Crippen MR) is 202 cm³/mol. The lowest BCUT2D eigenvalue weighted by Crippen LogP contribution is -1.99. The van der Waals surface area contributed by atoms with Crippen molar-refractivity contribution in [3.05, 3.63) is 174 Å². The van der Waals surface area contributed by atoms with Crippen molar-refractivity contribution < 1.29 is 0 Å². The molecular formula is C45H25N5. The summed E-state index contributed by atoms with van der Waals surface area (Å²) in [6, 6.07) is 55.7. The molecule has 0 unspecified atom stereocenters. The van der Waals surface area contributed by atoms with Crippen LogP contribution in [0.3, 0.4) is 0 Å².